The first kappa shape index (κ1) is 12.0. The number of benzene rings is 1. The normalized spacial score (nSPS) is 11.2. The van der Waals surface area contributed by atoms with Crippen molar-refractivity contribution in [3.05, 3.63) is 45.3 Å². The molecule has 3 nitrogen and oxygen atoms in total. The first-order valence-corrected chi connectivity index (χ1v) is 5.69. The molecule has 2 rings (SSSR count). The highest BCUT2D eigenvalue weighted by molar-refractivity contribution is 6.37. The third-order valence-electron chi connectivity index (χ3n) is 2.34. The molecule has 0 amide bonds. The Labute approximate surface area is 109 Å². The lowest BCUT2D eigenvalue weighted by atomic mass is 10.2. The summed E-state index contributed by atoms with van der Waals surface area (Å²) in [6.45, 7) is 1.78. The average molecular weight is 269 g/mol. The minimum absolute atomic E-state index is 0.499. The SMILES string of the molecule is Cc1noc(/C=C/c2c(Cl)cccc2Cl)c1N. The van der Waals surface area contributed by atoms with Crippen LogP contribution in [0, 0.1) is 6.92 Å². The Morgan fingerprint density at radius 1 is 1.24 bits per heavy atom. The van der Waals surface area contributed by atoms with E-state index in [9.17, 15) is 0 Å². The lowest BCUT2D eigenvalue weighted by molar-refractivity contribution is 0.408. The number of nitrogens with zero attached hydrogens (tertiary/aromatic N) is 1. The number of halogens is 2. The van der Waals surface area contributed by atoms with Gasteiger partial charge in [0.15, 0.2) is 5.76 Å². The Kier molecular flexibility index (Phi) is 3.41. The second-order valence-corrected chi connectivity index (χ2v) is 4.33. The number of aryl methyl sites for hydroxylation is 1. The van der Waals surface area contributed by atoms with Crippen molar-refractivity contribution < 1.29 is 4.52 Å². The lowest BCUT2D eigenvalue weighted by Crippen LogP contribution is -1.86. The van der Waals surface area contributed by atoms with Crippen LogP contribution in [-0.4, -0.2) is 5.16 Å². The molecule has 0 saturated carbocycles. The first-order chi connectivity index (χ1) is 8.09. The monoisotopic (exact) mass is 268 g/mol. The fraction of sp³-hybridized carbons (Fsp3) is 0.0833. The van der Waals surface area contributed by atoms with E-state index in [1.165, 1.54) is 0 Å². The first-order valence-electron chi connectivity index (χ1n) is 4.93. The topological polar surface area (TPSA) is 52.0 Å². The molecular formula is C12H10Cl2N2O. The molecule has 17 heavy (non-hydrogen) atoms. The number of aromatic nitrogens is 1. The molecule has 2 aromatic rings. The van der Waals surface area contributed by atoms with Crippen LogP contribution in [0.4, 0.5) is 5.69 Å². The minimum Gasteiger partial charge on any atom is -0.394 e. The molecule has 5 heteroatoms. The van der Waals surface area contributed by atoms with Crippen LogP contribution in [0.3, 0.4) is 0 Å². The third kappa shape index (κ3) is 2.46. The van der Waals surface area contributed by atoms with Crippen LogP contribution in [-0.2, 0) is 0 Å². The van der Waals surface area contributed by atoms with Crippen molar-refractivity contribution in [3.63, 3.8) is 0 Å². The van der Waals surface area contributed by atoms with E-state index in [0.717, 1.165) is 5.56 Å². The Hall–Kier alpha value is -1.45. The standard InChI is InChI=1S/C12H10Cl2N2O/c1-7-12(15)11(17-16-7)6-5-8-9(13)3-2-4-10(8)14/h2-6H,15H2,1H3/b6-5+. The van der Waals surface area contributed by atoms with Crippen molar-refractivity contribution in [2.45, 2.75) is 6.92 Å². The lowest BCUT2D eigenvalue weighted by Gasteiger charge is -1.99. The number of nitrogen functional groups attached to an aromatic ring is 1. The van der Waals surface area contributed by atoms with E-state index in [0.29, 0.717) is 27.2 Å². The Morgan fingerprint density at radius 3 is 2.41 bits per heavy atom. The average Bonchev–Trinajstić information content (AvgIpc) is 2.60. The summed E-state index contributed by atoms with van der Waals surface area (Å²) in [4.78, 5) is 0. The molecule has 0 radical (unpaired) electrons. The maximum Gasteiger partial charge on any atom is 0.182 e. The molecule has 88 valence electrons. The molecule has 1 aromatic carbocycles. The molecule has 0 aliphatic rings. The van der Waals surface area contributed by atoms with Crippen molar-refractivity contribution in [3.8, 4) is 0 Å². The number of hydrogen-bond acceptors (Lipinski definition) is 3. The number of nitrogens with two attached hydrogens (primary N) is 1. The molecule has 0 bridgehead atoms. The molecule has 0 aliphatic carbocycles. The smallest absolute Gasteiger partial charge is 0.182 e. The zero-order valence-electron chi connectivity index (χ0n) is 9.08. The molecule has 0 aliphatic heterocycles. The number of rotatable bonds is 2. The summed E-state index contributed by atoms with van der Waals surface area (Å²) in [5.74, 6) is 0.499. The Morgan fingerprint density at radius 2 is 1.88 bits per heavy atom. The van der Waals surface area contributed by atoms with Crippen molar-refractivity contribution in [1.82, 2.24) is 5.16 Å². The molecule has 0 spiro atoms. The predicted molar refractivity (Wildman–Crippen MR) is 71.0 cm³/mol. The highest BCUT2D eigenvalue weighted by atomic mass is 35.5. The Bertz CT molecular complexity index is 556. The van der Waals surface area contributed by atoms with Gasteiger partial charge in [0, 0.05) is 15.6 Å². The zero-order valence-corrected chi connectivity index (χ0v) is 10.6. The summed E-state index contributed by atoms with van der Waals surface area (Å²) in [6, 6.07) is 5.32. The molecule has 2 N–H and O–H groups in total. The van der Waals surface area contributed by atoms with Gasteiger partial charge in [-0.1, -0.05) is 34.4 Å². The zero-order chi connectivity index (χ0) is 12.4. The van der Waals surface area contributed by atoms with Gasteiger partial charge < -0.3 is 10.3 Å². The summed E-state index contributed by atoms with van der Waals surface area (Å²) in [6.07, 6.45) is 3.45. The van der Waals surface area contributed by atoms with Crippen LogP contribution < -0.4 is 5.73 Å². The summed E-state index contributed by atoms with van der Waals surface area (Å²) < 4.78 is 5.05. The second kappa shape index (κ2) is 4.82. The van der Waals surface area contributed by atoms with Gasteiger partial charge in [0.05, 0.1) is 0 Å². The predicted octanol–water partition coefficient (Wildman–Crippen LogP) is 4.04. The third-order valence-corrected chi connectivity index (χ3v) is 3.00. The molecular weight excluding hydrogens is 259 g/mol. The van der Waals surface area contributed by atoms with E-state index < -0.39 is 0 Å². The van der Waals surface area contributed by atoms with Gasteiger partial charge in [-0.15, -0.1) is 0 Å². The van der Waals surface area contributed by atoms with Crippen molar-refractivity contribution in [2.24, 2.45) is 0 Å². The van der Waals surface area contributed by atoms with Crippen molar-refractivity contribution >= 4 is 41.0 Å². The minimum atomic E-state index is 0.499. The number of anilines is 1. The van der Waals surface area contributed by atoms with Gasteiger partial charge in [-0.05, 0) is 31.2 Å². The maximum absolute atomic E-state index is 6.03. The fourth-order valence-electron chi connectivity index (χ4n) is 1.34. The van der Waals surface area contributed by atoms with Crippen molar-refractivity contribution in [1.29, 1.82) is 0 Å². The van der Waals surface area contributed by atoms with Crippen LogP contribution in [0.15, 0.2) is 22.7 Å². The highest BCUT2D eigenvalue weighted by Gasteiger charge is 2.07. The fourth-order valence-corrected chi connectivity index (χ4v) is 1.87. The summed E-state index contributed by atoms with van der Waals surface area (Å²) in [7, 11) is 0. The van der Waals surface area contributed by atoms with Gasteiger partial charge in [-0.2, -0.15) is 0 Å². The highest BCUT2D eigenvalue weighted by Crippen LogP contribution is 2.27. The van der Waals surface area contributed by atoms with E-state index in [1.54, 1.807) is 37.3 Å². The van der Waals surface area contributed by atoms with Gasteiger partial charge in [0.2, 0.25) is 0 Å². The molecule has 0 atom stereocenters. The number of hydrogen-bond donors (Lipinski definition) is 1. The van der Waals surface area contributed by atoms with Crippen molar-refractivity contribution in [2.75, 3.05) is 5.73 Å². The van der Waals surface area contributed by atoms with Gasteiger partial charge in [-0.3, -0.25) is 0 Å². The van der Waals surface area contributed by atoms with Crippen LogP contribution in [0.25, 0.3) is 12.2 Å². The summed E-state index contributed by atoms with van der Waals surface area (Å²) in [5, 5.41) is 4.90. The second-order valence-electron chi connectivity index (χ2n) is 3.51. The van der Waals surface area contributed by atoms with Gasteiger partial charge in [0.1, 0.15) is 11.4 Å². The van der Waals surface area contributed by atoms with Gasteiger partial charge in [-0.25, -0.2) is 0 Å². The van der Waals surface area contributed by atoms with E-state index in [1.807, 2.05) is 0 Å². The van der Waals surface area contributed by atoms with E-state index >= 15 is 0 Å². The summed E-state index contributed by atoms with van der Waals surface area (Å²) >= 11 is 12.1. The Balaban J connectivity index is 2.36. The quantitative estimate of drug-likeness (QED) is 0.894. The van der Waals surface area contributed by atoms with Gasteiger partial charge >= 0.3 is 0 Å². The van der Waals surface area contributed by atoms with E-state index in [2.05, 4.69) is 5.16 Å². The van der Waals surface area contributed by atoms with Crippen LogP contribution in [0.1, 0.15) is 17.0 Å². The molecule has 0 saturated heterocycles. The summed E-state index contributed by atoms with van der Waals surface area (Å²) in [5.41, 5.74) is 7.68. The maximum atomic E-state index is 6.03. The molecule has 0 unspecified atom stereocenters. The largest absolute Gasteiger partial charge is 0.394 e. The van der Waals surface area contributed by atoms with E-state index in [4.69, 9.17) is 33.5 Å². The van der Waals surface area contributed by atoms with Crippen LogP contribution in [0.5, 0.6) is 0 Å². The molecule has 1 aromatic heterocycles. The van der Waals surface area contributed by atoms with E-state index in [-0.39, 0.29) is 0 Å². The van der Waals surface area contributed by atoms with Crippen LogP contribution >= 0.6 is 23.2 Å². The molecule has 1 heterocycles. The molecule has 0 fully saturated rings. The van der Waals surface area contributed by atoms with Gasteiger partial charge in [0.25, 0.3) is 0 Å². The van der Waals surface area contributed by atoms with Crippen LogP contribution in [0.2, 0.25) is 10.0 Å².